The van der Waals surface area contributed by atoms with Gasteiger partial charge in [0.25, 0.3) is 0 Å². The Labute approximate surface area is 104 Å². The van der Waals surface area contributed by atoms with E-state index < -0.39 is 0 Å². The maximum atomic E-state index is 13.0. The van der Waals surface area contributed by atoms with Gasteiger partial charge in [-0.25, -0.2) is 4.39 Å². The molecule has 0 aromatic heterocycles. The second kappa shape index (κ2) is 5.63. The molecule has 1 rings (SSSR count). The number of aryl methyl sites for hydroxylation is 1. The Balaban J connectivity index is 2.74. The summed E-state index contributed by atoms with van der Waals surface area (Å²) in [5.74, 6) is -0.150. The van der Waals surface area contributed by atoms with E-state index in [2.05, 4.69) is 26.1 Å². The topological polar surface area (TPSA) is 12.0 Å². The summed E-state index contributed by atoms with van der Waals surface area (Å²) in [4.78, 5) is 0. The molecule has 1 atom stereocenters. The van der Waals surface area contributed by atoms with Crippen LogP contribution >= 0.6 is 0 Å². The minimum absolute atomic E-state index is 0.150. The first kappa shape index (κ1) is 14.2. The molecule has 0 bridgehead atoms. The summed E-state index contributed by atoms with van der Waals surface area (Å²) in [5.41, 5.74) is 2.58. The molecule has 0 amide bonds. The molecule has 96 valence electrons. The SMILES string of the molecule is CNC(Cc1ccc(F)cc1C)CC(C)(C)C. The Hall–Kier alpha value is -0.890. The van der Waals surface area contributed by atoms with Gasteiger partial charge in [0.15, 0.2) is 0 Å². The molecular weight excluding hydrogens is 213 g/mol. The Morgan fingerprint density at radius 2 is 1.94 bits per heavy atom. The highest BCUT2D eigenvalue weighted by molar-refractivity contribution is 5.27. The van der Waals surface area contributed by atoms with Crippen LogP contribution in [0.3, 0.4) is 0 Å². The molecule has 0 aliphatic rings. The fraction of sp³-hybridized carbons (Fsp3) is 0.600. The second-order valence-electron chi connectivity index (χ2n) is 6.03. The van der Waals surface area contributed by atoms with Crippen molar-refractivity contribution in [1.29, 1.82) is 0 Å². The van der Waals surface area contributed by atoms with Gasteiger partial charge in [-0.1, -0.05) is 26.8 Å². The van der Waals surface area contributed by atoms with Gasteiger partial charge >= 0.3 is 0 Å². The number of likely N-dealkylation sites (N-methyl/N-ethyl adjacent to an activating group) is 1. The molecule has 17 heavy (non-hydrogen) atoms. The molecule has 0 aliphatic carbocycles. The number of hydrogen-bond acceptors (Lipinski definition) is 1. The third-order valence-corrected chi connectivity index (χ3v) is 3.04. The largest absolute Gasteiger partial charge is 0.317 e. The summed E-state index contributed by atoms with van der Waals surface area (Å²) in [5, 5.41) is 3.36. The van der Waals surface area contributed by atoms with Crippen LogP contribution in [0.25, 0.3) is 0 Å². The standard InChI is InChI=1S/C15H24FN/c1-11-8-13(16)7-6-12(11)9-14(17-5)10-15(2,3)4/h6-8,14,17H,9-10H2,1-5H3. The number of rotatable bonds is 4. The van der Waals surface area contributed by atoms with Gasteiger partial charge in [-0.15, -0.1) is 0 Å². The van der Waals surface area contributed by atoms with E-state index in [0.717, 1.165) is 18.4 Å². The molecule has 0 spiro atoms. The smallest absolute Gasteiger partial charge is 0.123 e. The van der Waals surface area contributed by atoms with Gasteiger partial charge in [-0.05, 0) is 55.5 Å². The highest BCUT2D eigenvalue weighted by Gasteiger charge is 2.18. The Morgan fingerprint density at radius 3 is 2.41 bits per heavy atom. The van der Waals surface area contributed by atoms with Crippen LogP contribution in [0.5, 0.6) is 0 Å². The summed E-state index contributed by atoms with van der Waals surface area (Å²) in [6.45, 7) is 8.71. The van der Waals surface area contributed by atoms with Crippen LogP contribution in [-0.2, 0) is 6.42 Å². The zero-order chi connectivity index (χ0) is 13.1. The average Bonchev–Trinajstić information content (AvgIpc) is 2.19. The molecule has 0 aliphatic heterocycles. The molecule has 0 saturated heterocycles. The molecule has 1 aromatic rings. The van der Waals surface area contributed by atoms with E-state index in [4.69, 9.17) is 0 Å². The zero-order valence-electron chi connectivity index (χ0n) is 11.6. The van der Waals surface area contributed by atoms with E-state index in [1.54, 1.807) is 12.1 Å². The van der Waals surface area contributed by atoms with E-state index in [1.165, 1.54) is 5.56 Å². The van der Waals surface area contributed by atoms with E-state index >= 15 is 0 Å². The lowest BCUT2D eigenvalue weighted by Crippen LogP contribution is -2.32. The lowest BCUT2D eigenvalue weighted by Gasteiger charge is -2.26. The van der Waals surface area contributed by atoms with E-state index in [9.17, 15) is 4.39 Å². The van der Waals surface area contributed by atoms with Crippen LogP contribution in [0.1, 0.15) is 38.3 Å². The van der Waals surface area contributed by atoms with Crippen LogP contribution in [0, 0.1) is 18.2 Å². The first-order valence-electron chi connectivity index (χ1n) is 6.24. The lowest BCUT2D eigenvalue weighted by atomic mass is 9.85. The van der Waals surface area contributed by atoms with E-state index in [1.807, 2.05) is 20.0 Å². The van der Waals surface area contributed by atoms with Gasteiger partial charge in [0.2, 0.25) is 0 Å². The molecule has 1 nitrogen and oxygen atoms in total. The highest BCUT2D eigenvalue weighted by Crippen LogP contribution is 2.23. The molecular formula is C15H24FN. The van der Waals surface area contributed by atoms with Crippen molar-refractivity contribution in [2.24, 2.45) is 5.41 Å². The van der Waals surface area contributed by atoms with Crippen LogP contribution in [0.4, 0.5) is 4.39 Å². The number of nitrogens with one attached hydrogen (secondary N) is 1. The van der Waals surface area contributed by atoms with Gasteiger partial charge in [0.1, 0.15) is 5.82 Å². The monoisotopic (exact) mass is 237 g/mol. The Bertz CT molecular complexity index is 366. The second-order valence-corrected chi connectivity index (χ2v) is 6.03. The maximum Gasteiger partial charge on any atom is 0.123 e. The highest BCUT2D eigenvalue weighted by atomic mass is 19.1. The van der Waals surface area contributed by atoms with E-state index in [0.29, 0.717) is 11.5 Å². The maximum absolute atomic E-state index is 13.0. The third kappa shape index (κ3) is 4.86. The van der Waals surface area contributed by atoms with Gasteiger partial charge < -0.3 is 5.32 Å². The first-order valence-corrected chi connectivity index (χ1v) is 6.24. The zero-order valence-corrected chi connectivity index (χ0v) is 11.6. The summed E-state index contributed by atoms with van der Waals surface area (Å²) < 4.78 is 13.0. The number of halogens is 1. The van der Waals surface area contributed by atoms with Crippen LogP contribution in [0.2, 0.25) is 0 Å². The number of hydrogen-bond donors (Lipinski definition) is 1. The van der Waals surface area contributed by atoms with Gasteiger partial charge in [-0.3, -0.25) is 0 Å². The lowest BCUT2D eigenvalue weighted by molar-refractivity contribution is 0.315. The van der Waals surface area contributed by atoms with Gasteiger partial charge in [-0.2, -0.15) is 0 Å². The fourth-order valence-electron chi connectivity index (χ4n) is 2.17. The van der Waals surface area contributed by atoms with Crippen molar-refractivity contribution < 1.29 is 4.39 Å². The van der Waals surface area contributed by atoms with Crippen molar-refractivity contribution in [3.63, 3.8) is 0 Å². The van der Waals surface area contributed by atoms with Crippen LogP contribution in [-0.4, -0.2) is 13.1 Å². The van der Waals surface area contributed by atoms with Crippen molar-refractivity contribution in [2.75, 3.05) is 7.05 Å². The molecule has 1 aromatic carbocycles. The van der Waals surface area contributed by atoms with Gasteiger partial charge in [0.05, 0.1) is 0 Å². The van der Waals surface area contributed by atoms with Gasteiger partial charge in [0, 0.05) is 6.04 Å². The molecule has 0 heterocycles. The predicted molar refractivity (Wildman–Crippen MR) is 71.8 cm³/mol. The number of benzene rings is 1. The molecule has 1 unspecified atom stereocenters. The first-order chi connectivity index (χ1) is 7.81. The van der Waals surface area contributed by atoms with Crippen LogP contribution < -0.4 is 5.32 Å². The van der Waals surface area contributed by atoms with E-state index in [-0.39, 0.29) is 5.82 Å². The van der Waals surface area contributed by atoms with Crippen LogP contribution in [0.15, 0.2) is 18.2 Å². The predicted octanol–water partition coefficient (Wildman–Crippen LogP) is 3.70. The minimum Gasteiger partial charge on any atom is -0.317 e. The normalized spacial score (nSPS) is 13.8. The van der Waals surface area contributed by atoms with Crippen molar-refractivity contribution in [2.45, 2.75) is 46.6 Å². The fourth-order valence-corrected chi connectivity index (χ4v) is 2.17. The average molecular weight is 237 g/mol. The molecule has 2 heteroatoms. The summed E-state index contributed by atoms with van der Waals surface area (Å²) in [6, 6.07) is 5.50. The van der Waals surface area contributed by atoms with Crippen molar-refractivity contribution in [3.8, 4) is 0 Å². The van der Waals surface area contributed by atoms with Crippen molar-refractivity contribution in [3.05, 3.63) is 35.1 Å². The Kier molecular flexibility index (Phi) is 4.70. The minimum atomic E-state index is -0.150. The third-order valence-electron chi connectivity index (χ3n) is 3.04. The quantitative estimate of drug-likeness (QED) is 0.842. The van der Waals surface area contributed by atoms with Crippen molar-refractivity contribution in [1.82, 2.24) is 5.32 Å². The molecule has 0 fully saturated rings. The molecule has 0 radical (unpaired) electrons. The Morgan fingerprint density at radius 1 is 1.29 bits per heavy atom. The summed E-state index contributed by atoms with van der Waals surface area (Å²) >= 11 is 0. The van der Waals surface area contributed by atoms with Crippen molar-refractivity contribution >= 4 is 0 Å². The summed E-state index contributed by atoms with van der Waals surface area (Å²) in [7, 11) is 2.00. The summed E-state index contributed by atoms with van der Waals surface area (Å²) in [6.07, 6.45) is 2.07. The molecule has 1 N–H and O–H groups in total. The molecule has 0 saturated carbocycles.